The summed E-state index contributed by atoms with van der Waals surface area (Å²) in [6.45, 7) is 4.22. The van der Waals surface area contributed by atoms with Crippen LogP contribution < -0.4 is 0 Å². The summed E-state index contributed by atoms with van der Waals surface area (Å²) < 4.78 is 0. The van der Waals surface area contributed by atoms with Crippen molar-refractivity contribution >= 4 is 0 Å². The van der Waals surface area contributed by atoms with Crippen molar-refractivity contribution in [3.63, 3.8) is 0 Å². The van der Waals surface area contributed by atoms with Crippen LogP contribution in [0.15, 0.2) is 115 Å². The van der Waals surface area contributed by atoms with E-state index >= 15 is 0 Å². The van der Waals surface area contributed by atoms with Gasteiger partial charge in [0.15, 0.2) is 5.82 Å². The number of aromatic nitrogens is 2. The van der Waals surface area contributed by atoms with Crippen LogP contribution in [0.5, 0.6) is 0 Å². The van der Waals surface area contributed by atoms with Crippen molar-refractivity contribution in [2.45, 2.75) is 26.7 Å². The van der Waals surface area contributed by atoms with Gasteiger partial charge in [-0.25, -0.2) is 9.97 Å². The minimum Gasteiger partial charge on any atom is -0.228 e. The average molecular weight is 417 g/mol. The maximum Gasteiger partial charge on any atom is 0.160 e. The van der Waals surface area contributed by atoms with Crippen LogP contribution in [-0.2, 0) is 0 Å². The van der Waals surface area contributed by atoms with E-state index in [0.29, 0.717) is 0 Å². The minimum atomic E-state index is 0.750. The summed E-state index contributed by atoms with van der Waals surface area (Å²) in [5.41, 5.74) is 7.72. The molecule has 0 aliphatic heterocycles. The molecule has 1 aliphatic carbocycles. The third-order valence-electron chi connectivity index (χ3n) is 5.36. The number of allylic oxidation sites excluding steroid dienone is 4. The summed E-state index contributed by atoms with van der Waals surface area (Å²) in [5, 5.41) is 0. The molecule has 0 spiro atoms. The highest BCUT2D eigenvalue weighted by Crippen LogP contribution is 2.27. The zero-order chi connectivity index (χ0) is 22.2. The van der Waals surface area contributed by atoms with E-state index in [9.17, 15) is 0 Å². The van der Waals surface area contributed by atoms with Crippen molar-refractivity contribution in [2.75, 3.05) is 0 Å². The number of hydrogen-bond donors (Lipinski definition) is 0. The number of rotatable bonds is 3. The summed E-state index contributed by atoms with van der Waals surface area (Å²) in [7, 11) is 0. The lowest BCUT2D eigenvalue weighted by molar-refractivity contribution is 1.02. The van der Waals surface area contributed by atoms with Gasteiger partial charge in [-0.3, -0.25) is 0 Å². The molecule has 0 unspecified atom stereocenters. The zero-order valence-electron chi connectivity index (χ0n) is 18.7. The van der Waals surface area contributed by atoms with Crippen molar-refractivity contribution in [2.24, 2.45) is 0 Å². The Morgan fingerprint density at radius 1 is 0.594 bits per heavy atom. The second-order valence-corrected chi connectivity index (χ2v) is 7.99. The fourth-order valence-electron chi connectivity index (χ4n) is 3.54. The Bertz CT molecular complexity index is 1150. The quantitative estimate of drug-likeness (QED) is 0.337. The maximum absolute atomic E-state index is 4.82. The third kappa shape index (κ3) is 5.67. The van der Waals surface area contributed by atoms with Crippen LogP contribution in [-0.4, -0.2) is 9.97 Å². The zero-order valence-corrected chi connectivity index (χ0v) is 18.7. The van der Waals surface area contributed by atoms with Crippen LogP contribution in [0.25, 0.3) is 33.9 Å². The summed E-state index contributed by atoms with van der Waals surface area (Å²) in [4.78, 5) is 9.64. The van der Waals surface area contributed by atoms with Crippen LogP contribution in [0.4, 0.5) is 0 Å². The van der Waals surface area contributed by atoms with Gasteiger partial charge in [-0.1, -0.05) is 114 Å². The van der Waals surface area contributed by atoms with Gasteiger partial charge in [-0.15, -0.1) is 0 Å². The number of aryl methyl sites for hydroxylation is 1. The van der Waals surface area contributed by atoms with Crippen LogP contribution in [0.1, 0.15) is 25.3 Å². The fraction of sp³-hybridized carbons (Fsp3) is 0.133. The van der Waals surface area contributed by atoms with Gasteiger partial charge in [0.2, 0.25) is 0 Å². The first-order chi connectivity index (χ1) is 15.7. The van der Waals surface area contributed by atoms with Gasteiger partial charge in [-0.2, -0.15) is 0 Å². The van der Waals surface area contributed by atoms with Gasteiger partial charge in [0.05, 0.1) is 11.4 Å². The lowest BCUT2D eigenvalue weighted by Gasteiger charge is -2.09. The topological polar surface area (TPSA) is 25.8 Å². The smallest absolute Gasteiger partial charge is 0.160 e. The largest absolute Gasteiger partial charge is 0.228 e. The molecule has 2 heteroatoms. The first-order valence-corrected chi connectivity index (χ1v) is 11.1. The molecule has 3 aromatic carbocycles. The van der Waals surface area contributed by atoms with E-state index in [1.54, 1.807) is 0 Å². The maximum atomic E-state index is 4.82. The summed E-state index contributed by atoms with van der Waals surface area (Å²) in [5.74, 6) is 0.750. The molecular formula is C30H28N2. The Morgan fingerprint density at radius 2 is 1.16 bits per heavy atom. The van der Waals surface area contributed by atoms with E-state index in [4.69, 9.17) is 9.97 Å². The van der Waals surface area contributed by atoms with Gasteiger partial charge in [0.1, 0.15) is 0 Å². The van der Waals surface area contributed by atoms with Crippen molar-refractivity contribution in [1.29, 1.82) is 0 Å². The highest BCUT2D eigenvalue weighted by molar-refractivity contribution is 5.71. The highest BCUT2D eigenvalue weighted by Gasteiger charge is 2.10. The molecule has 5 rings (SSSR count). The van der Waals surface area contributed by atoms with E-state index in [0.717, 1.165) is 33.9 Å². The second-order valence-electron chi connectivity index (χ2n) is 7.99. The molecule has 0 radical (unpaired) electrons. The molecule has 1 heterocycles. The predicted octanol–water partition coefficient (Wildman–Crippen LogP) is 8.07. The predicted molar refractivity (Wildman–Crippen MR) is 135 cm³/mol. The third-order valence-corrected chi connectivity index (χ3v) is 5.36. The lowest BCUT2D eigenvalue weighted by Crippen LogP contribution is -1.95. The molecule has 0 fully saturated rings. The monoisotopic (exact) mass is 416 g/mol. The van der Waals surface area contributed by atoms with Gasteiger partial charge in [0, 0.05) is 16.7 Å². The molecule has 0 bridgehead atoms. The van der Waals surface area contributed by atoms with Crippen molar-refractivity contribution in [1.82, 2.24) is 9.97 Å². The Morgan fingerprint density at radius 3 is 1.59 bits per heavy atom. The van der Waals surface area contributed by atoms with Crippen molar-refractivity contribution in [3.8, 4) is 33.9 Å². The normalized spacial score (nSPS) is 12.5. The first kappa shape index (κ1) is 21.5. The van der Waals surface area contributed by atoms with Crippen LogP contribution in [0.2, 0.25) is 0 Å². The molecule has 0 saturated heterocycles. The number of hydrogen-bond acceptors (Lipinski definition) is 2. The van der Waals surface area contributed by atoms with E-state index < -0.39 is 0 Å². The summed E-state index contributed by atoms with van der Waals surface area (Å²) in [6, 6.07) is 30.9. The van der Waals surface area contributed by atoms with E-state index in [2.05, 4.69) is 86.7 Å². The molecule has 1 aromatic heterocycles. The highest BCUT2D eigenvalue weighted by atomic mass is 14.9. The molecule has 158 valence electrons. The number of nitrogens with zero attached hydrogens (tertiary/aromatic N) is 2. The molecule has 0 atom stereocenters. The van der Waals surface area contributed by atoms with Crippen LogP contribution >= 0.6 is 0 Å². The van der Waals surface area contributed by atoms with Crippen molar-refractivity contribution < 1.29 is 0 Å². The van der Waals surface area contributed by atoms with Gasteiger partial charge < -0.3 is 0 Å². The molecule has 2 nitrogen and oxygen atoms in total. The first-order valence-electron chi connectivity index (χ1n) is 11.1. The number of benzene rings is 3. The second kappa shape index (κ2) is 10.5. The van der Waals surface area contributed by atoms with Gasteiger partial charge in [0.25, 0.3) is 0 Å². The Balaban J connectivity index is 0.000000300. The molecule has 0 amide bonds. The van der Waals surface area contributed by atoms with Crippen LogP contribution in [0, 0.1) is 6.92 Å². The van der Waals surface area contributed by atoms with Crippen LogP contribution in [0.3, 0.4) is 0 Å². The molecule has 0 N–H and O–H groups in total. The molecular weight excluding hydrogens is 388 g/mol. The van der Waals surface area contributed by atoms with Crippen molar-refractivity contribution in [3.05, 3.63) is 120 Å². The summed E-state index contributed by atoms with van der Waals surface area (Å²) >= 11 is 0. The summed E-state index contributed by atoms with van der Waals surface area (Å²) in [6.07, 6.45) is 9.12. The molecule has 1 aliphatic rings. The Kier molecular flexibility index (Phi) is 7.04. The molecule has 32 heavy (non-hydrogen) atoms. The Labute approximate surface area is 191 Å². The van der Waals surface area contributed by atoms with E-state index in [1.807, 2.05) is 36.4 Å². The van der Waals surface area contributed by atoms with E-state index in [-0.39, 0.29) is 0 Å². The van der Waals surface area contributed by atoms with E-state index in [1.165, 1.54) is 24.0 Å². The SMILES string of the molecule is CC1=CCCC=C1.Cc1ccc(-c2nc(-c3ccccc3)cc(-c3ccccc3)n2)cc1. The minimum absolute atomic E-state index is 0.750. The Hall–Kier alpha value is -3.78. The lowest BCUT2D eigenvalue weighted by atomic mass is 10.1. The standard InChI is InChI=1S/C23H18N2.C7H10/c1-17-12-14-20(15-13-17)23-24-21(18-8-4-2-5-9-18)16-22(25-23)19-10-6-3-7-11-19;1-7-5-3-2-4-6-7/h2-16H,1H3;3,5-6H,2,4H2,1H3. The average Bonchev–Trinajstić information content (AvgIpc) is 2.86. The van der Waals surface area contributed by atoms with Gasteiger partial charge >= 0.3 is 0 Å². The fourth-order valence-corrected chi connectivity index (χ4v) is 3.54. The molecule has 4 aromatic rings. The van der Waals surface area contributed by atoms with Gasteiger partial charge in [-0.05, 0) is 32.8 Å². The molecule has 0 saturated carbocycles.